The maximum atomic E-state index is 13.4. The van der Waals surface area contributed by atoms with Crippen molar-refractivity contribution in [1.82, 2.24) is 4.98 Å². The Morgan fingerprint density at radius 1 is 1.00 bits per heavy atom. The fraction of sp³-hybridized carbons (Fsp3) is 0.138. The maximum absolute atomic E-state index is 13.4. The second-order valence-corrected chi connectivity index (χ2v) is 8.88. The summed E-state index contributed by atoms with van der Waals surface area (Å²) in [6.07, 6.45) is 2.34. The summed E-state index contributed by atoms with van der Waals surface area (Å²) in [6.45, 7) is 1.98. The van der Waals surface area contributed by atoms with Crippen LogP contribution in [0.25, 0.3) is 16.5 Å². The molecule has 4 aromatic rings. The highest BCUT2D eigenvalue weighted by Gasteiger charge is 2.48. The summed E-state index contributed by atoms with van der Waals surface area (Å²) in [5.41, 5.74) is 2.23. The van der Waals surface area contributed by atoms with Gasteiger partial charge in [-0.2, -0.15) is 0 Å². The third kappa shape index (κ3) is 3.37. The van der Waals surface area contributed by atoms with Crippen molar-refractivity contribution in [1.29, 1.82) is 0 Å². The molecule has 6 heteroatoms. The molecule has 0 saturated carbocycles. The Labute approximate surface area is 202 Å². The first-order valence-corrected chi connectivity index (χ1v) is 11.5. The molecule has 0 aliphatic carbocycles. The molecule has 3 aromatic carbocycles. The van der Waals surface area contributed by atoms with Crippen LogP contribution in [0.5, 0.6) is 5.75 Å². The molecule has 1 fully saturated rings. The Balaban J connectivity index is 1.60. The van der Waals surface area contributed by atoms with Crippen molar-refractivity contribution in [2.45, 2.75) is 25.5 Å². The number of Topliss-reactive ketones (excluding diaryl/α,β-unsaturated/α-hetero) is 1. The van der Waals surface area contributed by atoms with Gasteiger partial charge in [0.05, 0.1) is 11.6 Å². The zero-order valence-electron chi connectivity index (χ0n) is 19.0. The van der Waals surface area contributed by atoms with Gasteiger partial charge in [-0.25, -0.2) is 4.98 Å². The molecule has 2 unspecified atom stereocenters. The van der Waals surface area contributed by atoms with Gasteiger partial charge in [0.1, 0.15) is 23.4 Å². The summed E-state index contributed by atoms with van der Waals surface area (Å²) in [6, 6.07) is 23.3. The van der Waals surface area contributed by atoms with E-state index in [-0.39, 0.29) is 17.4 Å². The third-order valence-electron chi connectivity index (χ3n) is 6.63. The number of carbonyl (C=O) groups is 2. The van der Waals surface area contributed by atoms with E-state index in [9.17, 15) is 14.7 Å². The van der Waals surface area contributed by atoms with E-state index in [0.29, 0.717) is 17.8 Å². The Kier molecular flexibility index (Phi) is 4.88. The van der Waals surface area contributed by atoms with Crippen LogP contribution in [0.4, 0.5) is 5.82 Å². The van der Waals surface area contributed by atoms with E-state index in [4.69, 9.17) is 4.74 Å². The number of aliphatic hydroxyl groups excluding tert-OH is 1. The average Bonchev–Trinajstić information content (AvgIpc) is 3.39. The summed E-state index contributed by atoms with van der Waals surface area (Å²) in [4.78, 5) is 32.6. The van der Waals surface area contributed by atoms with Crippen LogP contribution < -0.4 is 9.64 Å². The lowest BCUT2D eigenvalue weighted by Crippen LogP contribution is -2.30. The van der Waals surface area contributed by atoms with E-state index >= 15 is 0 Å². The lowest BCUT2D eigenvalue weighted by Gasteiger charge is -2.25. The molecular weight excluding hydrogens is 440 g/mol. The largest absolute Gasteiger partial charge is 0.507 e. The van der Waals surface area contributed by atoms with Crippen LogP contribution in [0.2, 0.25) is 0 Å². The molecule has 1 aromatic heterocycles. The molecule has 1 N–H and O–H groups in total. The highest BCUT2D eigenvalue weighted by Crippen LogP contribution is 2.44. The van der Waals surface area contributed by atoms with Gasteiger partial charge in [0, 0.05) is 18.2 Å². The number of amides is 1. The first kappa shape index (κ1) is 21.1. The monoisotopic (exact) mass is 462 g/mol. The Morgan fingerprint density at radius 3 is 2.63 bits per heavy atom. The predicted octanol–water partition coefficient (Wildman–Crippen LogP) is 5.18. The topological polar surface area (TPSA) is 79.7 Å². The minimum Gasteiger partial charge on any atom is -0.507 e. The number of pyridine rings is 1. The number of aliphatic hydroxyl groups is 1. The molecule has 6 nitrogen and oxygen atoms in total. The van der Waals surface area contributed by atoms with Gasteiger partial charge in [-0.05, 0) is 59.2 Å². The van der Waals surface area contributed by atoms with E-state index in [0.717, 1.165) is 27.6 Å². The number of benzene rings is 3. The molecule has 2 aliphatic heterocycles. The van der Waals surface area contributed by atoms with Gasteiger partial charge in [-0.15, -0.1) is 0 Å². The van der Waals surface area contributed by atoms with Crippen LogP contribution in [0, 0.1) is 0 Å². The lowest BCUT2D eigenvalue weighted by atomic mass is 9.91. The Bertz CT molecular complexity index is 1520. The van der Waals surface area contributed by atoms with Gasteiger partial charge in [0.15, 0.2) is 0 Å². The first-order chi connectivity index (χ1) is 17.0. The summed E-state index contributed by atoms with van der Waals surface area (Å²) in [5.74, 6) is -0.545. The molecule has 172 valence electrons. The van der Waals surface area contributed by atoms with Crippen LogP contribution in [-0.4, -0.2) is 27.9 Å². The van der Waals surface area contributed by atoms with Crippen LogP contribution in [-0.2, 0) is 16.0 Å². The molecule has 0 radical (unpaired) electrons. The maximum Gasteiger partial charge on any atom is 0.301 e. The number of aromatic nitrogens is 1. The molecule has 1 saturated heterocycles. The summed E-state index contributed by atoms with van der Waals surface area (Å²) in [7, 11) is 0. The number of anilines is 1. The van der Waals surface area contributed by atoms with Gasteiger partial charge in [0.25, 0.3) is 5.78 Å². The minimum atomic E-state index is -0.834. The molecule has 1 amide bonds. The van der Waals surface area contributed by atoms with Crippen molar-refractivity contribution in [3.8, 4) is 5.75 Å². The highest BCUT2D eigenvalue weighted by molar-refractivity contribution is 6.51. The SMILES string of the molecule is CC1Cc2cc(C(O)=C3C(=O)C(=O)N(c4ccccn4)C3c3cccc4ccccc34)ccc2O1. The Hall–Kier alpha value is -4.45. The van der Waals surface area contributed by atoms with Crippen LogP contribution in [0.3, 0.4) is 0 Å². The predicted molar refractivity (Wildman–Crippen MR) is 133 cm³/mol. The fourth-order valence-corrected chi connectivity index (χ4v) is 5.07. The van der Waals surface area contributed by atoms with Crippen molar-refractivity contribution < 1.29 is 19.4 Å². The van der Waals surface area contributed by atoms with Crippen LogP contribution >= 0.6 is 0 Å². The first-order valence-electron chi connectivity index (χ1n) is 11.5. The molecule has 2 aliphatic rings. The third-order valence-corrected chi connectivity index (χ3v) is 6.63. The van der Waals surface area contributed by atoms with Crippen molar-refractivity contribution in [3.05, 3.63) is 107 Å². The lowest BCUT2D eigenvalue weighted by molar-refractivity contribution is -0.132. The van der Waals surface area contributed by atoms with Crippen LogP contribution in [0.15, 0.2) is 90.6 Å². The second kappa shape index (κ2) is 8.09. The number of rotatable bonds is 3. The molecule has 35 heavy (non-hydrogen) atoms. The van der Waals surface area contributed by atoms with Gasteiger partial charge in [-0.1, -0.05) is 48.5 Å². The molecule has 2 atom stereocenters. The summed E-state index contributed by atoms with van der Waals surface area (Å²) < 4.78 is 5.78. The van der Waals surface area contributed by atoms with E-state index in [1.165, 1.54) is 4.90 Å². The number of carbonyl (C=O) groups excluding carboxylic acids is 2. The van der Waals surface area contributed by atoms with Gasteiger partial charge < -0.3 is 9.84 Å². The number of hydrogen-bond acceptors (Lipinski definition) is 5. The van der Waals surface area contributed by atoms with E-state index in [1.54, 1.807) is 36.5 Å². The quantitative estimate of drug-likeness (QED) is 0.258. The minimum absolute atomic E-state index is 0.0453. The summed E-state index contributed by atoms with van der Waals surface area (Å²) >= 11 is 0. The van der Waals surface area contributed by atoms with Gasteiger partial charge >= 0.3 is 5.91 Å². The normalized spacial score (nSPS) is 20.8. The second-order valence-electron chi connectivity index (χ2n) is 8.88. The number of hydrogen-bond donors (Lipinski definition) is 1. The number of ether oxygens (including phenoxy) is 1. The van der Waals surface area contributed by atoms with E-state index in [2.05, 4.69) is 4.98 Å². The van der Waals surface area contributed by atoms with Gasteiger partial charge in [-0.3, -0.25) is 14.5 Å². The zero-order chi connectivity index (χ0) is 24.1. The van der Waals surface area contributed by atoms with Gasteiger partial charge in [0.2, 0.25) is 0 Å². The molecule has 0 spiro atoms. The molecule has 3 heterocycles. The van der Waals surface area contributed by atoms with Crippen LogP contribution in [0.1, 0.15) is 29.7 Å². The van der Waals surface area contributed by atoms with Crippen molar-refractivity contribution in [3.63, 3.8) is 0 Å². The zero-order valence-corrected chi connectivity index (χ0v) is 19.0. The standard InChI is InChI=1S/C29H22N2O4/c1-17-15-20-16-19(12-13-23(20)35-17)27(32)25-26(22-10-6-8-18-7-2-3-9-21(18)22)31(29(34)28(25)33)24-11-4-5-14-30-24/h2-14,16-17,26,32H,15H2,1H3. The van der Waals surface area contributed by atoms with E-state index in [1.807, 2.05) is 55.5 Å². The average molecular weight is 463 g/mol. The summed E-state index contributed by atoms with van der Waals surface area (Å²) in [5, 5.41) is 13.4. The van der Waals surface area contributed by atoms with Crippen molar-refractivity contribution >= 4 is 34.0 Å². The molecule has 0 bridgehead atoms. The fourth-order valence-electron chi connectivity index (χ4n) is 5.07. The number of ketones is 1. The Morgan fingerprint density at radius 2 is 1.80 bits per heavy atom. The smallest absolute Gasteiger partial charge is 0.301 e. The molecular formula is C29H22N2O4. The number of nitrogens with zero attached hydrogens (tertiary/aromatic N) is 2. The van der Waals surface area contributed by atoms with E-state index < -0.39 is 17.7 Å². The molecule has 6 rings (SSSR count). The van der Waals surface area contributed by atoms with Crippen molar-refractivity contribution in [2.24, 2.45) is 0 Å². The highest BCUT2D eigenvalue weighted by atomic mass is 16.5. The number of fused-ring (bicyclic) bond motifs is 2. The van der Waals surface area contributed by atoms with Crippen molar-refractivity contribution in [2.75, 3.05) is 4.90 Å².